The van der Waals surface area contributed by atoms with Gasteiger partial charge in [0.2, 0.25) is 0 Å². The summed E-state index contributed by atoms with van der Waals surface area (Å²) in [4.78, 5) is 10.6. The molecule has 0 aliphatic carbocycles. The summed E-state index contributed by atoms with van der Waals surface area (Å²) in [5.74, 6) is -0.0529. The van der Waals surface area contributed by atoms with Gasteiger partial charge in [-0.25, -0.2) is 0 Å². The third-order valence-corrected chi connectivity index (χ3v) is 4.18. The zero-order valence-corrected chi connectivity index (χ0v) is 16.4. The maximum Gasteiger partial charge on any atom is 0.298 e. The normalized spacial score (nSPS) is 11.5. The van der Waals surface area contributed by atoms with E-state index in [0.29, 0.717) is 9.87 Å². The fourth-order valence-corrected chi connectivity index (χ4v) is 2.68. The minimum absolute atomic E-state index is 0. The van der Waals surface area contributed by atoms with Crippen LogP contribution < -0.4 is 22.6 Å². The van der Waals surface area contributed by atoms with Crippen molar-refractivity contribution in [2.24, 2.45) is 10.2 Å². The van der Waals surface area contributed by atoms with Crippen molar-refractivity contribution >= 4 is 39.2 Å². The Kier molecular flexibility index (Phi) is 5.86. The number of quaternary nitrogens is 1. The Balaban J connectivity index is 0.00000280. The molecule has 0 aromatic heterocycles. The standard InChI is InChI=1S/C19H19N5O3.ClH/c1-24(2,3)14-7-4-12-5-9-18(25)19(15(12)11-14)22-21-16-8-6-13(20)10-17(16)23(26)27;/h4-11H,1-3H3,(H2-,20,21,22,25);1H. The molecule has 0 amide bonds. The van der Waals surface area contributed by atoms with Crippen molar-refractivity contribution in [3.05, 3.63) is 58.6 Å². The van der Waals surface area contributed by atoms with Gasteiger partial charge in [0.05, 0.1) is 26.1 Å². The minimum atomic E-state index is -0.567. The monoisotopic (exact) mass is 401 g/mol. The van der Waals surface area contributed by atoms with Gasteiger partial charge in [-0.2, -0.15) is 0 Å². The maximum atomic E-state index is 11.2. The van der Waals surface area contributed by atoms with Crippen molar-refractivity contribution in [2.45, 2.75) is 0 Å². The zero-order chi connectivity index (χ0) is 19.8. The highest BCUT2D eigenvalue weighted by Gasteiger charge is 2.17. The molecule has 28 heavy (non-hydrogen) atoms. The summed E-state index contributed by atoms with van der Waals surface area (Å²) >= 11 is 0. The topological polar surface area (TPSA) is 114 Å². The Morgan fingerprint density at radius 2 is 1.71 bits per heavy atom. The number of hydrogen-bond donors (Lipinski definition) is 2. The van der Waals surface area contributed by atoms with Crippen molar-refractivity contribution in [3.63, 3.8) is 0 Å². The van der Waals surface area contributed by atoms with Crippen LogP contribution in [-0.2, 0) is 0 Å². The Hall–Kier alpha value is -3.23. The molecule has 0 bridgehead atoms. The number of rotatable bonds is 4. The number of phenols is 1. The first-order valence-corrected chi connectivity index (χ1v) is 8.20. The van der Waals surface area contributed by atoms with Gasteiger partial charge in [0.15, 0.2) is 5.69 Å². The molecule has 0 saturated carbocycles. The van der Waals surface area contributed by atoms with Crippen LogP contribution in [0.3, 0.4) is 0 Å². The number of nitrogens with zero attached hydrogens (tertiary/aromatic N) is 4. The molecule has 0 spiro atoms. The van der Waals surface area contributed by atoms with E-state index in [1.165, 1.54) is 24.3 Å². The number of nitro groups is 1. The quantitative estimate of drug-likeness (QED) is 0.227. The van der Waals surface area contributed by atoms with Gasteiger partial charge >= 0.3 is 0 Å². The predicted molar refractivity (Wildman–Crippen MR) is 107 cm³/mol. The Morgan fingerprint density at radius 3 is 2.36 bits per heavy atom. The largest absolute Gasteiger partial charge is 1.00 e. The minimum Gasteiger partial charge on any atom is -1.00 e. The summed E-state index contributed by atoms with van der Waals surface area (Å²) in [7, 11) is 6.09. The van der Waals surface area contributed by atoms with E-state index in [-0.39, 0.29) is 40.9 Å². The lowest BCUT2D eigenvalue weighted by atomic mass is 10.1. The summed E-state index contributed by atoms with van der Waals surface area (Å²) in [5, 5.41) is 31.2. The molecular weight excluding hydrogens is 382 g/mol. The van der Waals surface area contributed by atoms with Crippen LogP contribution in [0.1, 0.15) is 0 Å². The van der Waals surface area contributed by atoms with E-state index in [1.807, 2.05) is 39.3 Å². The second-order valence-corrected chi connectivity index (χ2v) is 7.06. The van der Waals surface area contributed by atoms with Crippen molar-refractivity contribution in [1.29, 1.82) is 0 Å². The molecule has 0 atom stereocenters. The molecule has 3 aromatic rings. The molecule has 0 heterocycles. The third-order valence-electron chi connectivity index (χ3n) is 4.18. The summed E-state index contributed by atoms with van der Waals surface area (Å²) in [6, 6.07) is 13.4. The fraction of sp³-hybridized carbons (Fsp3) is 0.158. The molecular formula is C19H20ClN5O3. The van der Waals surface area contributed by atoms with Crippen LogP contribution in [0.25, 0.3) is 10.8 Å². The summed E-state index contributed by atoms with van der Waals surface area (Å²) < 4.78 is 0.589. The summed E-state index contributed by atoms with van der Waals surface area (Å²) in [5.41, 5.74) is 6.97. The second-order valence-electron chi connectivity index (χ2n) is 7.06. The van der Waals surface area contributed by atoms with E-state index < -0.39 is 4.92 Å². The van der Waals surface area contributed by atoms with Gasteiger partial charge in [-0.15, -0.1) is 10.2 Å². The lowest BCUT2D eigenvalue weighted by Crippen LogP contribution is -3.00. The highest BCUT2D eigenvalue weighted by atomic mass is 35.5. The number of halogens is 1. The molecule has 146 valence electrons. The Morgan fingerprint density at radius 1 is 1.04 bits per heavy atom. The van der Waals surface area contributed by atoms with Gasteiger partial charge < -0.3 is 23.2 Å². The molecule has 3 aromatic carbocycles. The SMILES string of the molecule is C[N+](C)(C)c1ccc2ccc(O)c(N=Nc3ccc(N)cc3[N+](=O)[O-])c2c1.[Cl-]. The number of anilines is 1. The maximum absolute atomic E-state index is 11.2. The van der Waals surface area contributed by atoms with Crippen LogP contribution in [0.4, 0.5) is 28.4 Å². The molecule has 0 saturated heterocycles. The second kappa shape index (κ2) is 7.79. The molecule has 0 unspecified atom stereocenters. The van der Waals surface area contributed by atoms with E-state index in [1.54, 1.807) is 6.07 Å². The average molecular weight is 402 g/mol. The van der Waals surface area contributed by atoms with Crippen LogP contribution in [0.5, 0.6) is 5.75 Å². The number of phenolic OH excluding ortho intramolecular Hbond substituents is 1. The predicted octanol–water partition coefficient (Wildman–Crippen LogP) is 1.65. The highest BCUT2D eigenvalue weighted by molar-refractivity contribution is 5.97. The van der Waals surface area contributed by atoms with Gasteiger partial charge in [0.1, 0.15) is 17.1 Å². The number of aromatic hydroxyl groups is 1. The van der Waals surface area contributed by atoms with Crippen LogP contribution in [0.2, 0.25) is 0 Å². The van der Waals surface area contributed by atoms with Gasteiger partial charge in [0, 0.05) is 23.2 Å². The van der Waals surface area contributed by atoms with Crippen molar-refractivity contribution in [1.82, 2.24) is 4.48 Å². The number of fused-ring (bicyclic) bond motifs is 1. The number of azo groups is 1. The van der Waals surface area contributed by atoms with E-state index >= 15 is 0 Å². The average Bonchev–Trinajstić information content (AvgIpc) is 2.60. The first-order valence-electron chi connectivity index (χ1n) is 8.20. The molecule has 9 heteroatoms. The van der Waals surface area contributed by atoms with Crippen LogP contribution >= 0.6 is 0 Å². The summed E-state index contributed by atoms with van der Waals surface area (Å²) in [6.45, 7) is 0. The highest BCUT2D eigenvalue weighted by Crippen LogP contribution is 2.39. The van der Waals surface area contributed by atoms with Crippen LogP contribution in [0.15, 0.2) is 58.8 Å². The molecule has 0 fully saturated rings. The number of nitro benzene ring substituents is 1. The Labute approximate surface area is 168 Å². The first-order chi connectivity index (χ1) is 12.7. The lowest BCUT2D eigenvalue weighted by Gasteiger charge is -2.23. The number of nitrogens with two attached hydrogens (primary N) is 1. The molecule has 0 aliphatic heterocycles. The van der Waals surface area contributed by atoms with E-state index in [0.717, 1.165) is 11.1 Å². The van der Waals surface area contributed by atoms with E-state index in [2.05, 4.69) is 10.2 Å². The van der Waals surface area contributed by atoms with E-state index in [9.17, 15) is 15.2 Å². The molecule has 0 aliphatic rings. The first kappa shape index (κ1) is 21.1. The summed E-state index contributed by atoms with van der Waals surface area (Å²) in [6.07, 6.45) is 0. The van der Waals surface area contributed by atoms with E-state index in [4.69, 9.17) is 5.73 Å². The smallest absolute Gasteiger partial charge is 0.298 e. The molecule has 8 nitrogen and oxygen atoms in total. The lowest BCUT2D eigenvalue weighted by molar-refractivity contribution is -0.384. The van der Waals surface area contributed by atoms with Gasteiger partial charge in [0.25, 0.3) is 5.69 Å². The van der Waals surface area contributed by atoms with Crippen molar-refractivity contribution in [3.8, 4) is 5.75 Å². The van der Waals surface area contributed by atoms with Gasteiger partial charge in [-0.05, 0) is 35.7 Å². The number of benzene rings is 3. The fourth-order valence-electron chi connectivity index (χ4n) is 2.68. The third kappa shape index (κ3) is 4.19. The number of hydrogen-bond acceptors (Lipinski definition) is 6. The van der Waals surface area contributed by atoms with Crippen molar-refractivity contribution in [2.75, 3.05) is 26.9 Å². The Bertz CT molecular complexity index is 1080. The van der Waals surface area contributed by atoms with Crippen LogP contribution in [0, 0.1) is 10.1 Å². The van der Waals surface area contributed by atoms with Gasteiger partial charge in [-0.3, -0.25) is 14.6 Å². The number of nitrogen functional groups attached to an aromatic ring is 1. The molecule has 3 N–H and O–H groups in total. The zero-order valence-electron chi connectivity index (χ0n) is 15.6. The van der Waals surface area contributed by atoms with Crippen LogP contribution in [-0.4, -0.2) is 31.2 Å². The van der Waals surface area contributed by atoms with Crippen molar-refractivity contribution < 1.29 is 22.4 Å². The molecule has 3 rings (SSSR count). The van der Waals surface area contributed by atoms with Gasteiger partial charge in [-0.1, -0.05) is 6.07 Å². The molecule has 0 radical (unpaired) electrons.